The molecule has 2 rings (SSSR count). The van der Waals surface area contributed by atoms with E-state index in [1.165, 1.54) is 12.4 Å². The lowest BCUT2D eigenvalue weighted by molar-refractivity contribution is -0.384. The molecule has 0 saturated heterocycles. The van der Waals surface area contributed by atoms with Crippen molar-refractivity contribution in [1.29, 1.82) is 0 Å². The van der Waals surface area contributed by atoms with Crippen molar-refractivity contribution < 1.29 is 10.0 Å². The molecule has 86 valence electrons. The highest BCUT2D eigenvalue weighted by atomic mass is 16.6. The number of pyridine rings is 1. The smallest absolute Gasteiger partial charge is 0.310 e. The fraction of sp³-hybridized carbons (Fsp3) is 0.500. The molecule has 1 aromatic heterocycles. The van der Waals surface area contributed by atoms with Crippen molar-refractivity contribution in [2.24, 2.45) is 0 Å². The van der Waals surface area contributed by atoms with Crippen LogP contribution in [0, 0.1) is 10.1 Å². The van der Waals surface area contributed by atoms with Gasteiger partial charge in [-0.2, -0.15) is 0 Å². The topological polar surface area (TPSA) is 79.5 Å². The second-order valence-corrected chi connectivity index (χ2v) is 3.77. The Morgan fingerprint density at radius 2 is 2.38 bits per heavy atom. The molecule has 1 saturated carbocycles. The first kappa shape index (κ1) is 10.8. The molecule has 0 bridgehead atoms. The van der Waals surface area contributed by atoms with Crippen LogP contribution >= 0.6 is 0 Å². The first-order valence-corrected chi connectivity index (χ1v) is 5.20. The van der Waals surface area contributed by atoms with Crippen LogP contribution in [0.25, 0.3) is 0 Å². The fourth-order valence-electron chi connectivity index (χ4n) is 1.76. The lowest BCUT2D eigenvalue weighted by Gasteiger charge is -2.22. The average molecular weight is 223 g/mol. The Morgan fingerprint density at radius 1 is 1.62 bits per heavy atom. The van der Waals surface area contributed by atoms with Crippen LogP contribution in [0.1, 0.15) is 12.8 Å². The summed E-state index contributed by atoms with van der Waals surface area (Å²) in [6, 6.07) is 1.96. The molecule has 0 radical (unpaired) electrons. The average Bonchev–Trinajstić information content (AvgIpc) is 3.10. The number of aliphatic hydroxyl groups excluding tert-OH is 1. The van der Waals surface area contributed by atoms with Crippen LogP contribution in [0.3, 0.4) is 0 Å². The first-order valence-electron chi connectivity index (χ1n) is 5.20. The maximum atomic E-state index is 10.8. The van der Waals surface area contributed by atoms with Gasteiger partial charge in [0.25, 0.3) is 0 Å². The summed E-state index contributed by atoms with van der Waals surface area (Å²) in [5.74, 6) is 0. The maximum Gasteiger partial charge on any atom is 0.310 e. The van der Waals surface area contributed by atoms with Crippen molar-refractivity contribution in [2.75, 3.05) is 18.1 Å². The SMILES string of the molecule is O=[N+]([O-])c1cnccc1N(CCO)C1CC1. The van der Waals surface area contributed by atoms with Crippen molar-refractivity contribution in [1.82, 2.24) is 4.98 Å². The minimum atomic E-state index is -0.435. The molecule has 1 aromatic rings. The second kappa shape index (κ2) is 4.44. The molecule has 0 aromatic carbocycles. The van der Waals surface area contributed by atoms with Crippen LogP contribution in [0.4, 0.5) is 11.4 Å². The van der Waals surface area contributed by atoms with E-state index >= 15 is 0 Å². The Bertz CT molecular complexity index is 393. The first-order chi connectivity index (χ1) is 7.74. The van der Waals surface area contributed by atoms with Crippen LogP contribution in [-0.2, 0) is 0 Å². The minimum Gasteiger partial charge on any atom is -0.395 e. The Labute approximate surface area is 92.7 Å². The van der Waals surface area contributed by atoms with Gasteiger partial charge in [0, 0.05) is 18.8 Å². The second-order valence-electron chi connectivity index (χ2n) is 3.77. The van der Waals surface area contributed by atoms with Gasteiger partial charge in [0.2, 0.25) is 0 Å². The van der Waals surface area contributed by atoms with Gasteiger partial charge in [-0.3, -0.25) is 15.1 Å². The summed E-state index contributed by atoms with van der Waals surface area (Å²) < 4.78 is 0. The largest absolute Gasteiger partial charge is 0.395 e. The maximum absolute atomic E-state index is 10.8. The van der Waals surface area contributed by atoms with Crippen LogP contribution in [0.5, 0.6) is 0 Å². The van der Waals surface area contributed by atoms with Gasteiger partial charge < -0.3 is 10.0 Å². The molecule has 0 unspecified atom stereocenters. The number of nitrogens with zero attached hydrogens (tertiary/aromatic N) is 3. The number of rotatable bonds is 5. The van der Waals surface area contributed by atoms with E-state index in [4.69, 9.17) is 5.11 Å². The molecule has 6 heteroatoms. The van der Waals surface area contributed by atoms with E-state index in [-0.39, 0.29) is 12.3 Å². The number of hydrogen-bond donors (Lipinski definition) is 1. The summed E-state index contributed by atoms with van der Waals surface area (Å²) in [6.07, 6.45) is 4.84. The Morgan fingerprint density at radius 3 is 2.94 bits per heavy atom. The molecule has 1 aliphatic rings. The molecule has 0 atom stereocenters. The highest BCUT2D eigenvalue weighted by Gasteiger charge is 2.32. The van der Waals surface area contributed by atoms with Crippen molar-refractivity contribution in [3.05, 3.63) is 28.6 Å². The van der Waals surface area contributed by atoms with Gasteiger partial charge in [-0.15, -0.1) is 0 Å². The molecule has 0 amide bonds. The predicted octanol–water partition coefficient (Wildman–Crippen LogP) is 0.951. The van der Waals surface area contributed by atoms with Crippen molar-refractivity contribution >= 4 is 11.4 Å². The summed E-state index contributed by atoms with van der Waals surface area (Å²) in [5.41, 5.74) is 0.555. The lowest BCUT2D eigenvalue weighted by Crippen LogP contribution is -2.29. The third kappa shape index (κ3) is 2.11. The molecule has 1 fully saturated rings. The fourth-order valence-corrected chi connectivity index (χ4v) is 1.76. The molecular weight excluding hydrogens is 210 g/mol. The number of nitro groups is 1. The highest BCUT2D eigenvalue weighted by molar-refractivity contribution is 5.62. The molecule has 16 heavy (non-hydrogen) atoms. The lowest BCUT2D eigenvalue weighted by atomic mass is 10.3. The van der Waals surface area contributed by atoms with Crippen molar-refractivity contribution in [3.63, 3.8) is 0 Å². The quantitative estimate of drug-likeness (QED) is 0.593. The summed E-state index contributed by atoms with van der Waals surface area (Å²) >= 11 is 0. The van der Waals surface area contributed by atoms with E-state index in [0.717, 1.165) is 12.8 Å². The highest BCUT2D eigenvalue weighted by Crippen LogP contribution is 2.35. The number of aromatic nitrogens is 1. The predicted molar refractivity (Wildman–Crippen MR) is 58.3 cm³/mol. The van der Waals surface area contributed by atoms with E-state index in [1.807, 2.05) is 4.90 Å². The Balaban J connectivity index is 2.32. The number of anilines is 1. The van der Waals surface area contributed by atoms with E-state index in [0.29, 0.717) is 18.3 Å². The van der Waals surface area contributed by atoms with Crippen molar-refractivity contribution in [2.45, 2.75) is 18.9 Å². The summed E-state index contributed by atoms with van der Waals surface area (Å²) in [6.45, 7) is 0.422. The minimum absolute atomic E-state index is 0.00264. The summed E-state index contributed by atoms with van der Waals surface area (Å²) in [4.78, 5) is 16.1. The van der Waals surface area contributed by atoms with E-state index in [1.54, 1.807) is 6.07 Å². The monoisotopic (exact) mass is 223 g/mol. The number of aliphatic hydroxyl groups is 1. The molecule has 6 nitrogen and oxygen atoms in total. The van der Waals surface area contributed by atoms with E-state index < -0.39 is 4.92 Å². The molecule has 0 spiro atoms. The Hall–Kier alpha value is -1.69. The van der Waals surface area contributed by atoms with Crippen LogP contribution < -0.4 is 4.90 Å². The molecular formula is C10H13N3O3. The van der Waals surface area contributed by atoms with Gasteiger partial charge in [-0.25, -0.2) is 0 Å². The van der Waals surface area contributed by atoms with Gasteiger partial charge in [0.05, 0.1) is 11.5 Å². The van der Waals surface area contributed by atoms with Crippen LogP contribution in [0.15, 0.2) is 18.5 Å². The van der Waals surface area contributed by atoms with E-state index in [9.17, 15) is 10.1 Å². The summed E-state index contributed by atoms with van der Waals surface area (Å²) in [7, 11) is 0. The van der Waals surface area contributed by atoms with Crippen LogP contribution in [-0.4, -0.2) is 34.2 Å². The zero-order valence-corrected chi connectivity index (χ0v) is 8.74. The van der Waals surface area contributed by atoms with Gasteiger partial charge in [-0.1, -0.05) is 0 Å². The van der Waals surface area contributed by atoms with Gasteiger partial charge in [-0.05, 0) is 18.9 Å². The van der Waals surface area contributed by atoms with E-state index in [2.05, 4.69) is 4.98 Å². The zero-order chi connectivity index (χ0) is 11.5. The standard InChI is InChI=1S/C10H13N3O3/c14-6-5-12(8-1-2-8)9-3-4-11-7-10(9)13(15)16/h3-4,7-8,14H,1-2,5-6H2. The summed E-state index contributed by atoms with van der Waals surface area (Å²) in [5, 5.41) is 19.8. The normalized spacial score (nSPS) is 14.8. The number of hydrogen-bond acceptors (Lipinski definition) is 5. The Kier molecular flexibility index (Phi) is 3.00. The molecule has 0 aliphatic heterocycles. The van der Waals surface area contributed by atoms with Crippen LogP contribution in [0.2, 0.25) is 0 Å². The van der Waals surface area contributed by atoms with Gasteiger partial charge in [0.1, 0.15) is 11.9 Å². The zero-order valence-electron chi connectivity index (χ0n) is 8.74. The van der Waals surface area contributed by atoms with Gasteiger partial charge in [0.15, 0.2) is 0 Å². The van der Waals surface area contributed by atoms with Gasteiger partial charge >= 0.3 is 5.69 Å². The molecule has 1 aliphatic carbocycles. The third-order valence-electron chi connectivity index (χ3n) is 2.61. The molecule has 1 heterocycles. The molecule has 1 N–H and O–H groups in total. The third-order valence-corrected chi connectivity index (χ3v) is 2.61. The van der Waals surface area contributed by atoms with Crippen molar-refractivity contribution in [3.8, 4) is 0 Å².